The Morgan fingerprint density at radius 3 is 2.65 bits per heavy atom. The number of hydrogen-bond donors (Lipinski definition) is 2. The first-order valence-corrected chi connectivity index (χ1v) is 8.22. The second-order valence-corrected chi connectivity index (χ2v) is 5.73. The molecule has 0 saturated carbocycles. The van der Waals surface area contributed by atoms with Gasteiger partial charge in [0, 0.05) is 25.7 Å². The third kappa shape index (κ3) is 7.12. The number of nitrogens with zero attached hydrogens (tertiary/aromatic N) is 1. The van der Waals surface area contributed by atoms with Gasteiger partial charge in [-0.05, 0) is 13.5 Å². The van der Waals surface area contributed by atoms with Crippen LogP contribution in [0.4, 0.5) is 0 Å². The average molecular weight is 303 g/mol. The molecular formula is C13H25N3O3S. The minimum Gasteiger partial charge on any atom is -0.378 e. The maximum atomic E-state index is 11.8. The Hall–Kier alpha value is -0.790. The van der Waals surface area contributed by atoms with Gasteiger partial charge in [0.2, 0.25) is 11.8 Å². The molecule has 2 amide bonds. The zero-order valence-electron chi connectivity index (χ0n) is 12.3. The van der Waals surface area contributed by atoms with E-state index in [0.717, 1.165) is 6.54 Å². The predicted octanol–water partition coefficient (Wildman–Crippen LogP) is -0.307. The van der Waals surface area contributed by atoms with Crippen LogP contribution in [-0.4, -0.2) is 73.7 Å². The van der Waals surface area contributed by atoms with Gasteiger partial charge in [0.1, 0.15) is 0 Å². The van der Waals surface area contributed by atoms with E-state index < -0.39 is 0 Å². The van der Waals surface area contributed by atoms with Crippen molar-refractivity contribution >= 4 is 23.6 Å². The second-order valence-electron chi connectivity index (χ2n) is 4.75. The fraction of sp³-hybridized carbons (Fsp3) is 0.846. The van der Waals surface area contributed by atoms with Crippen LogP contribution in [0.5, 0.6) is 0 Å². The zero-order chi connectivity index (χ0) is 14.8. The lowest BCUT2D eigenvalue weighted by atomic mass is 10.3. The average Bonchev–Trinajstić information content (AvgIpc) is 2.46. The van der Waals surface area contributed by atoms with E-state index in [9.17, 15) is 9.59 Å². The molecule has 1 saturated heterocycles. The lowest BCUT2D eigenvalue weighted by molar-refractivity contribution is -0.132. The molecule has 7 heteroatoms. The van der Waals surface area contributed by atoms with Gasteiger partial charge < -0.3 is 20.3 Å². The summed E-state index contributed by atoms with van der Waals surface area (Å²) in [5, 5.41) is 6.08. The van der Waals surface area contributed by atoms with Crippen molar-refractivity contribution in [3.63, 3.8) is 0 Å². The van der Waals surface area contributed by atoms with E-state index >= 15 is 0 Å². The molecule has 1 atom stereocenters. The highest BCUT2D eigenvalue weighted by Crippen LogP contribution is 2.04. The van der Waals surface area contributed by atoms with Crippen LogP contribution in [0.2, 0.25) is 0 Å². The molecule has 0 aromatic heterocycles. The number of rotatable bonds is 8. The van der Waals surface area contributed by atoms with Gasteiger partial charge >= 0.3 is 0 Å². The molecule has 0 radical (unpaired) electrons. The molecule has 0 aromatic carbocycles. The molecule has 0 unspecified atom stereocenters. The lowest BCUT2D eigenvalue weighted by Crippen LogP contribution is -2.42. The van der Waals surface area contributed by atoms with E-state index in [4.69, 9.17) is 4.74 Å². The third-order valence-electron chi connectivity index (χ3n) is 2.98. The summed E-state index contributed by atoms with van der Waals surface area (Å²) >= 11 is 1.36. The van der Waals surface area contributed by atoms with E-state index in [1.807, 2.05) is 13.8 Å². The number of likely N-dealkylation sites (N-methyl/N-ethyl adjacent to an activating group) is 1. The van der Waals surface area contributed by atoms with Crippen LogP contribution in [0.15, 0.2) is 0 Å². The number of ether oxygens (including phenoxy) is 1. The van der Waals surface area contributed by atoms with Crippen LogP contribution in [-0.2, 0) is 14.3 Å². The smallest absolute Gasteiger partial charge is 0.232 e. The van der Waals surface area contributed by atoms with Crippen LogP contribution < -0.4 is 10.6 Å². The fourth-order valence-corrected chi connectivity index (χ4v) is 2.62. The van der Waals surface area contributed by atoms with E-state index in [2.05, 4.69) is 10.6 Å². The summed E-state index contributed by atoms with van der Waals surface area (Å²) < 4.78 is 5.20. The van der Waals surface area contributed by atoms with Crippen LogP contribution in [0.25, 0.3) is 0 Å². The molecule has 0 aromatic rings. The van der Waals surface area contributed by atoms with E-state index in [1.165, 1.54) is 11.8 Å². The van der Waals surface area contributed by atoms with Crippen molar-refractivity contribution in [2.45, 2.75) is 19.9 Å². The molecule has 116 valence electrons. The predicted molar refractivity (Wildman–Crippen MR) is 80.9 cm³/mol. The molecule has 20 heavy (non-hydrogen) atoms. The van der Waals surface area contributed by atoms with E-state index in [1.54, 1.807) is 4.90 Å². The van der Waals surface area contributed by atoms with E-state index in [0.29, 0.717) is 44.4 Å². The minimum absolute atomic E-state index is 0.0190. The summed E-state index contributed by atoms with van der Waals surface area (Å²) in [7, 11) is 0. The lowest BCUT2D eigenvalue weighted by Gasteiger charge is -2.26. The van der Waals surface area contributed by atoms with Gasteiger partial charge in [-0.25, -0.2) is 0 Å². The first-order valence-electron chi connectivity index (χ1n) is 7.06. The van der Waals surface area contributed by atoms with Crippen molar-refractivity contribution in [2.24, 2.45) is 0 Å². The number of hydrogen-bond acceptors (Lipinski definition) is 5. The van der Waals surface area contributed by atoms with Crippen LogP contribution in [0.3, 0.4) is 0 Å². The summed E-state index contributed by atoms with van der Waals surface area (Å²) in [6.07, 6.45) is 0. The van der Waals surface area contributed by atoms with Crippen LogP contribution >= 0.6 is 11.8 Å². The molecule has 1 fully saturated rings. The van der Waals surface area contributed by atoms with Crippen LogP contribution in [0.1, 0.15) is 13.8 Å². The summed E-state index contributed by atoms with van der Waals surface area (Å²) in [5.74, 6) is 0.757. The highest BCUT2D eigenvalue weighted by Gasteiger charge is 2.16. The number of thioether (sulfide) groups is 1. The Kier molecular flexibility index (Phi) is 8.64. The second kappa shape index (κ2) is 10.0. The minimum atomic E-state index is -0.0190. The number of nitrogens with one attached hydrogen (secondary N) is 2. The summed E-state index contributed by atoms with van der Waals surface area (Å²) in [6.45, 7) is 8.10. The Morgan fingerprint density at radius 2 is 2.00 bits per heavy atom. The summed E-state index contributed by atoms with van der Waals surface area (Å²) in [5.41, 5.74) is 0. The first-order chi connectivity index (χ1) is 9.63. The van der Waals surface area contributed by atoms with Crippen molar-refractivity contribution in [3.8, 4) is 0 Å². The molecule has 0 spiro atoms. The van der Waals surface area contributed by atoms with Crippen molar-refractivity contribution in [3.05, 3.63) is 0 Å². The highest BCUT2D eigenvalue weighted by molar-refractivity contribution is 8.00. The maximum absolute atomic E-state index is 11.8. The number of carbonyl (C=O) groups is 2. The van der Waals surface area contributed by atoms with Gasteiger partial charge in [0.25, 0.3) is 0 Å². The topological polar surface area (TPSA) is 70.7 Å². The number of amides is 2. The number of morpholine rings is 1. The van der Waals surface area contributed by atoms with Gasteiger partial charge in [-0.1, -0.05) is 6.92 Å². The zero-order valence-corrected chi connectivity index (χ0v) is 13.1. The monoisotopic (exact) mass is 303 g/mol. The van der Waals surface area contributed by atoms with Gasteiger partial charge in [0.05, 0.1) is 24.7 Å². The molecular weight excluding hydrogens is 278 g/mol. The van der Waals surface area contributed by atoms with Gasteiger partial charge in [-0.15, -0.1) is 11.8 Å². The summed E-state index contributed by atoms with van der Waals surface area (Å²) in [6, 6.07) is 0.268. The van der Waals surface area contributed by atoms with Gasteiger partial charge in [0.15, 0.2) is 0 Å². The van der Waals surface area contributed by atoms with Crippen molar-refractivity contribution in [1.29, 1.82) is 0 Å². The van der Waals surface area contributed by atoms with Crippen molar-refractivity contribution in [2.75, 3.05) is 50.9 Å². The molecule has 1 rings (SSSR count). The SMILES string of the molecule is CCN[C@H](C)CNC(=O)CSCC(=O)N1CCOCC1. The molecule has 1 aliphatic heterocycles. The Morgan fingerprint density at radius 1 is 1.30 bits per heavy atom. The Bertz CT molecular complexity index is 309. The Labute approximate surface area is 125 Å². The van der Waals surface area contributed by atoms with Gasteiger partial charge in [-0.3, -0.25) is 9.59 Å². The van der Waals surface area contributed by atoms with Gasteiger partial charge in [-0.2, -0.15) is 0 Å². The molecule has 0 bridgehead atoms. The summed E-state index contributed by atoms with van der Waals surface area (Å²) in [4.78, 5) is 25.2. The van der Waals surface area contributed by atoms with E-state index in [-0.39, 0.29) is 17.9 Å². The number of carbonyl (C=O) groups excluding carboxylic acids is 2. The largest absolute Gasteiger partial charge is 0.378 e. The molecule has 0 aliphatic carbocycles. The normalized spacial score (nSPS) is 16.8. The first kappa shape index (κ1) is 17.3. The molecule has 2 N–H and O–H groups in total. The molecule has 1 aliphatic rings. The molecule has 6 nitrogen and oxygen atoms in total. The maximum Gasteiger partial charge on any atom is 0.232 e. The fourth-order valence-electron chi connectivity index (χ4n) is 1.87. The third-order valence-corrected chi connectivity index (χ3v) is 3.90. The van der Waals surface area contributed by atoms with Crippen molar-refractivity contribution in [1.82, 2.24) is 15.5 Å². The quantitative estimate of drug-likeness (QED) is 0.644. The van der Waals surface area contributed by atoms with Crippen LogP contribution in [0, 0.1) is 0 Å². The standard InChI is InChI=1S/C13H25N3O3S/c1-3-14-11(2)8-15-12(17)9-20-10-13(18)16-4-6-19-7-5-16/h11,14H,3-10H2,1-2H3,(H,15,17)/t11-/m1/s1. The Balaban J connectivity index is 2.07. The highest BCUT2D eigenvalue weighted by atomic mass is 32.2. The van der Waals surface area contributed by atoms with Crippen molar-refractivity contribution < 1.29 is 14.3 Å². The molecule has 1 heterocycles.